The Morgan fingerprint density at radius 2 is 1.48 bits per heavy atom. The van der Waals surface area contributed by atoms with Gasteiger partial charge in [-0.1, -0.05) is 72.8 Å². The molecule has 0 N–H and O–H groups in total. The van der Waals surface area contributed by atoms with Gasteiger partial charge in [0.15, 0.2) is 5.17 Å². The summed E-state index contributed by atoms with van der Waals surface area (Å²) < 4.78 is 0. The maximum absolute atomic E-state index is 13.3. The summed E-state index contributed by atoms with van der Waals surface area (Å²) >= 11 is 1.45. The van der Waals surface area contributed by atoms with E-state index in [0.29, 0.717) is 18.0 Å². The van der Waals surface area contributed by atoms with Gasteiger partial charge in [-0.25, -0.2) is 0 Å². The predicted octanol–water partition coefficient (Wildman–Crippen LogP) is 5.43. The average molecular weight is 428 g/mol. The number of aliphatic imine (C=N–C) groups is 1. The van der Waals surface area contributed by atoms with Crippen LogP contribution in [0.15, 0.2) is 94.8 Å². The lowest BCUT2D eigenvalue weighted by Gasteiger charge is -2.15. The molecule has 4 nitrogen and oxygen atoms in total. The minimum atomic E-state index is -0.00245. The number of rotatable bonds is 6. The average Bonchev–Trinajstić information content (AvgIpc) is 3.08. The highest BCUT2D eigenvalue weighted by Gasteiger charge is 2.33. The van der Waals surface area contributed by atoms with E-state index in [1.165, 1.54) is 11.8 Å². The molecule has 0 radical (unpaired) electrons. The van der Waals surface area contributed by atoms with Gasteiger partial charge in [0.2, 0.25) is 0 Å². The molecule has 0 aliphatic carbocycles. The molecule has 156 valence electrons. The molecule has 31 heavy (non-hydrogen) atoms. The third kappa shape index (κ3) is 5.25. The second-order valence-corrected chi connectivity index (χ2v) is 8.57. The van der Waals surface area contributed by atoms with E-state index in [9.17, 15) is 4.79 Å². The van der Waals surface area contributed by atoms with Crippen molar-refractivity contribution in [1.82, 2.24) is 4.90 Å². The summed E-state index contributed by atoms with van der Waals surface area (Å²) in [6.45, 7) is 1.06. The van der Waals surface area contributed by atoms with Crippen molar-refractivity contribution in [3.05, 3.63) is 107 Å². The van der Waals surface area contributed by atoms with Gasteiger partial charge in [-0.05, 0) is 46.7 Å². The van der Waals surface area contributed by atoms with Crippen molar-refractivity contribution in [2.75, 3.05) is 19.0 Å². The molecule has 1 saturated heterocycles. The van der Waals surface area contributed by atoms with Gasteiger partial charge in [0.05, 0.1) is 18.0 Å². The zero-order valence-electron chi connectivity index (χ0n) is 17.7. The molecule has 1 aliphatic heterocycles. The Hall–Kier alpha value is -3.31. The van der Waals surface area contributed by atoms with E-state index < -0.39 is 0 Å². The lowest BCUT2D eigenvalue weighted by Crippen LogP contribution is -2.28. The molecule has 1 fully saturated rings. The fourth-order valence-corrected chi connectivity index (χ4v) is 4.27. The minimum Gasteiger partial charge on any atom is -0.378 e. The summed E-state index contributed by atoms with van der Waals surface area (Å²) in [5.74, 6) is -0.00245. The fraction of sp³-hybridized carbons (Fsp3) is 0.154. The Bertz CT molecular complexity index is 1090. The highest BCUT2D eigenvalue weighted by Crippen LogP contribution is 2.34. The van der Waals surface area contributed by atoms with Crippen molar-refractivity contribution in [2.24, 2.45) is 4.99 Å². The normalized spacial score (nSPS) is 16.3. The van der Waals surface area contributed by atoms with Crippen LogP contribution in [0.1, 0.15) is 16.7 Å². The van der Waals surface area contributed by atoms with Gasteiger partial charge in [0, 0.05) is 19.8 Å². The van der Waals surface area contributed by atoms with Crippen molar-refractivity contribution in [1.29, 1.82) is 0 Å². The van der Waals surface area contributed by atoms with E-state index in [2.05, 4.69) is 29.2 Å². The number of hydrogen-bond donors (Lipinski definition) is 0. The Kier molecular flexibility index (Phi) is 6.53. The number of thioether (sulfide) groups is 1. The van der Waals surface area contributed by atoms with Crippen LogP contribution in [0.4, 0.5) is 5.69 Å². The van der Waals surface area contributed by atoms with E-state index in [4.69, 9.17) is 4.99 Å². The molecule has 4 rings (SSSR count). The van der Waals surface area contributed by atoms with Crippen LogP contribution in [0.25, 0.3) is 6.08 Å². The molecule has 0 unspecified atom stereocenters. The predicted molar refractivity (Wildman–Crippen MR) is 131 cm³/mol. The third-order valence-corrected chi connectivity index (χ3v) is 6.06. The standard InChI is InChI=1S/C26H25N3OS/c1-28(2)23-15-13-20(14-16-23)17-24-25(30)29(19-22-11-7-4-8-12-22)26(31-24)27-18-21-9-5-3-6-10-21/h3-17H,18-19H2,1-2H3/b24-17-,27-26?. The number of amidine groups is 1. The van der Waals surface area contributed by atoms with E-state index >= 15 is 0 Å². The van der Waals surface area contributed by atoms with Crippen LogP contribution < -0.4 is 4.90 Å². The van der Waals surface area contributed by atoms with Crippen LogP contribution in [0, 0.1) is 0 Å². The Labute approximate surface area is 187 Å². The van der Waals surface area contributed by atoms with Crippen molar-refractivity contribution in [3.8, 4) is 0 Å². The van der Waals surface area contributed by atoms with Crippen LogP contribution in [0.2, 0.25) is 0 Å². The van der Waals surface area contributed by atoms with Gasteiger partial charge in [0.25, 0.3) is 5.91 Å². The molecule has 0 aromatic heterocycles. The lowest BCUT2D eigenvalue weighted by atomic mass is 10.1. The molecule has 0 atom stereocenters. The first kappa shape index (κ1) is 20.9. The maximum atomic E-state index is 13.3. The number of anilines is 1. The summed E-state index contributed by atoms with van der Waals surface area (Å²) in [6, 6.07) is 28.3. The number of carbonyl (C=O) groups is 1. The highest BCUT2D eigenvalue weighted by atomic mass is 32.2. The summed E-state index contributed by atoms with van der Waals surface area (Å²) in [6.07, 6.45) is 1.95. The maximum Gasteiger partial charge on any atom is 0.267 e. The second-order valence-electron chi connectivity index (χ2n) is 7.56. The van der Waals surface area contributed by atoms with Gasteiger partial charge < -0.3 is 4.90 Å². The topological polar surface area (TPSA) is 35.9 Å². The van der Waals surface area contributed by atoms with Gasteiger partial charge in [-0.15, -0.1) is 0 Å². The monoisotopic (exact) mass is 427 g/mol. The molecule has 1 heterocycles. The van der Waals surface area contributed by atoms with Crippen molar-refractivity contribution in [2.45, 2.75) is 13.1 Å². The zero-order valence-corrected chi connectivity index (χ0v) is 18.5. The van der Waals surface area contributed by atoms with E-state index in [-0.39, 0.29) is 5.91 Å². The summed E-state index contributed by atoms with van der Waals surface area (Å²) in [5.41, 5.74) is 4.34. The van der Waals surface area contributed by atoms with Crippen molar-refractivity contribution >= 4 is 34.6 Å². The Morgan fingerprint density at radius 3 is 2.10 bits per heavy atom. The number of carbonyl (C=O) groups excluding carboxylic acids is 1. The van der Waals surface area contributed by atoms with Gasteiger partial charge in [0.1, 0.15) is 0 Å². The summed E-state index contributed by atoms with van der Waals surface area (Å²) in [7, 11) is 4.03. The third-order valence-electron chi connectivity index (χ3n) is 5.02. The van der Waals surface area contributed by atoms with Crippen LogP contribution in [0.5, 0.6) is 0 Å². The van der Waals surface area contributed by atoms with Gasteiger partial charge in [-0.3, -0.25) is 14.7 Å². The summed E-state index contributed by atoms with van der Waals surface area (Å²) in [4.78, 5) is 22.6. The molecule has 1 aliphatic rings. The molecule has 1 amide bonds. The molecule has 0 saturated carbocycles. The van der Waals surface area contributed by atoms with E-state index in [1.807, 2.05) is 80.8 Å². The molecule has 5 heteroatoms. The minimum absolute atomic E-state index is 0.00245. The number of nitrogens with zero attached hydrogens (tertiary/aromatic N) is 3. The van der Waals surface area contributed by atoms with Crippen LogP contribution in [0.3, 0.4) is 0 Å². The molecule has 0 bridgehead atoms. The first-order valence-electron chi connectivity index (χ1n) is 10.2. The van der Waals surface area contributed by atoms with Crippen LogP contribution in [-0.4, -0.2) is 30.1 Å². The number of hydrogen-bond acceptors (Lipinski definition) is 4. The molecular formula is C26H25N3OS. The van der Waals surface area contributed by atoms with E-state index in [0.717, 1.165) is 27.5 Å². The van der Waals surface area contributed by atoms with Gasteiger partial charge in [-0.2, -0.15) is 0 Å². The highest BCUT2D eigenvalue weighted by molar-refractivity contribution is 8.18. The van der Waals surface area contributed by atoms with Crippen molar-refractivity contribution < 1.29 is 4.79 Å². The van der Waals surface area contributed by atoms with Crippen LogP contribution >= 0.6 is 11.8 Å². The Balaban J connectivity index is 1.61. The number of amides is 1. The number of benzene rings is 3. The molecule has 0 spiro atoms. The lowest BCUT2D eigenvalue weighted by molar-refractivity contribution is -0.122. The molecular weight excluding hydrogens is 402 g/mol. The van der Waals surface area contributed by atoms with Gasteiger partial charge >= 0.3 is 0 Å². The molecule has 3 aromatic rings. The quantitative estimate of drug-likeness (QED) is 0.493. The zero-order chi connectivity index (χ0) is 21.6. The smallest absolute Gasteiger partial charge is 0.267 e. The molecule has 3 aromatic carbocycles. The van der Waals surface area contributed by atoms with Crippen LogP contribution in [-0.2, 0) is 17.9 Å². The first-order valence-corrected chi connectivity index (χ1v) is 11.0. The SMILES string of the molecule is CN(C)c1ccc(/C=C2\SC(=NCc3ccccc3)N(Cc3ccccc3)C2=O)cc1. The Morgan fingerprint density at radius 1 is 0.871 bits per heavy atom. The first-order chi connectivity index (χ1) is 15.1. The fourth-order valence-electron chi connectivity index (χ4n) is 3.29. The second kappa shape index (κ2) is 9.67. The van der Waals surface area contributed by atoms with Crippen molar-refractivity contribution in [3.63, 3.8) is 0 Å². The summed E-state index contributed by atoms with van der Waals surface area (Å²) in [5, 5.41) is 0.744. The van der Waals surface area contributed by atoms with E-state index in [1.54, 1.807) is 4.90 Å². The largest absolute Gasteiger partial charge is 0.378 e.